The average Bonchev–Trinajstić information content (AvgIpc) is 3.00. The normalized spacial score (nSPS) is 25.0. The molecule has 0 unspecified atom stereocenters. The van der Waals surface area contributed by atoms with E-state index in [1.54, 1.807) is 0 Å². The van der Waals surface area contributed by atoms with Gasteiger partial charge in [0.2, 0.25) is 5.91 Å². The summed E-state index contributed by atoms with van der Waals surface area (Å²) in [7, 11) is 4.13. The number of hydrogen-bond donors (Lipinski definition) is 0. The number of amides is 1. The van der Waals surface area contributed by atoms with Gasteiger partial charge in [0, 0.05) is 19.0 Å². The zero-order valence-corrected chi connectivity index (χ0v) is 9.20. The minimum absolute atomic E-state index is 0.375. The van der Waals surface area contributed by atoms with Crippen molar-refractivity contribution < 1.29 is 4.79 Å². The van der Waals surface area contributed by atoms with Gasteiger partial charge in [-0.05, 0) is 45.8 Å². The Balaban J connectivity index is 1.84. The van der Waals surface area contributed by atoms with Crippen molar-refractivity contribution in [2.75, 3.05) is 27.2 Å². The van der Waals surface area contributed by atoms with Gasteiger partial charge in [-0.1, -0.05) is 0 Å². The van der Waals surface area contributed by atoms with E-state index in [-0.39, 0.29) is 0 Å². The number of carbonyl (C=O) groups excluding carboxylic acids is 1. The first-order chi connectivity index (χ1) is 6.68. The summed E-state index contributed by atoms with van der Waals surface area (Å²) in [6.45, 7) is 2.26. The highest BCUT2D eigenvalue weighted by molar-refractivity contribution is 5.81. The van der Waals surface area contributed by atoms with Gasteiger partial charge in [-0.15, -0.1) is 0 Å². The Hall–Kier alpha value is -0.570. The molecule has 1 amide bonds. The highest BCUT2D eigenvalue weighted by atomic mass is 16.2. The van der Waals surface area contributed by atoms with Gasteiger partial charge >= 0.3 is 0 Å². The van der Waals surface area contributed by atoms with Gasteiger partial charge < -0.3 is 9.80 Å². The topological polar surface area (TPSA) is 23.6 Å². The Labute approximate surface area is 86.1 Å². The molecular weight excluding hydrogens is 176 g/mol. The van der Waals surface area contributed by atoms with Crippen molar-refractivity contribution in [3.05, 3.63) is 0 Å². The number of carbonyl (C=O) groups is 1. The van der Waals surface area contributed by atoms with Gasteiger partial charge in [-0.3, -0.25) is 4.79 Å². The Morgan fingerprint density at radius 3 is 2.29 bits per heavy atom. The number of piperidine rings is 1. The SMILES string of the molecule is CN1CCC(N(C)C(=O)C2CC2)CC1. The third-order valence-corrected chi connectivity index (χ3v) is 3.51. The summed E-state index contributed by atoms with van der Waals surface area (Å²) in [6.07, 6.45) is 4.53. The van der Waals surface area contributed by atoms with Crippen LogP contribution in [0.1, 0.15) is 25.7 Å². The Bertz CT molecular complexity index is 217. The highest BCUT2D eigenvalue weighted by Crippen LogP contribution is 2.32. The molecule has 0 N–H and O–H groups in total. The van der Waals surface area contributed by atoms with E-state index in [0.29, 0.717) is 17.9 Å². The van der Waals surface area contributed by atoms with E-state index in [2.05, 4.69) is 11.9 Å². The molecule has 3 heteroatoms. The van der Waals surface area contributed by atoms with E-state index < -0.39 is 0 Å². The molecule has 0 aromatic heterocycles. The van der Waals surface area contributed by atoms with Crippen LogP contribution in [-0.4, -0.2) is 48.9 Å². The van der Waals surface area contributed by atoms with Crippen LogP contribution in [0.3, 0.4) is 0 Å². The monoisotopic (exact) mass is 196 g/mol. The molecule has 1 aliphatic carbocycles. The molecule has 1 heterocycles. The van der Waals surface area contributed by atoms with Crippen LogP contribution >= 0.6 is 0 Å². The lowest BCUT2D eigenvalue weighted by Crippen LogP contribution is -2.45. The molecular formula is C11H20N2O. The Morgan fingerprint density at radius 2 is 1.79 bits per heavy atom. The fourth-order valence-electron chi connectivity index (χ4n) is 2.18. The number of rotatable bonds is 2. The maximum absolute atomic E-state index is 11.8. The van der Waals surface area contributed by atoms with Crippen LogP contribution in [0.2, 0.25) is 0 Å². The average molecular weight is 196 g/mol. The fourth-order valence-corrected chi connectivity index (χ4v) is 2.18. The molecule has 14 heavy (non-hydrogen) atoms. The summed E-state index contributed by atoms with van der Waals surface area (Å²) in [5, 5.41) is 0. The quantitative estimate of drug-likeness (QED) is 0.656. The van der Waals surface area contributed by atoms with Crippen molar-refractivity contribution in [3.8, 4) is 0 Å². The largest absolute Gasteiger partial charge is 0.342 e. The minimum atomic E-state index is 0.375. The van der Waals surface area contributed by atoms with Crippen molar-refractivity contribution in [1.82, 2.24) is 9.80 Å². The molecule has 0 spiro atoms. The fraction of sp³-hybridized carbons (Fsp3) is 0.909. The second kappa shape index (κ2) is 3.89. The van der Waals surface area contributed by atoms with Crippen molar-refractivity contribution in [1.29, 1.82) is 0 Å². The lowest BCUT2D eigenvalue weighted by molar-refractivity contribution is -0.134. The number of nitrogens with zero attached hydrogens (tertiary/aromatic N) is 2. The maximum Gasteiger partial charge on any atom is 0.225 e. The van der Waals surface area contributed by atoms with Gasteiger partial charge in [-0.25, -0.2) is 0 Å². The number of hydrogen-bond acceptors (Lipinski definition) is 2. The van der Waals surface area contributed by atoms with Gasteiger partial charge in [0.05, 0.1) is 0 Å². The smallest absolute Gasteiger partial charge is 0.225 e. The lowest BCUT2D eigenvalue weighted by Gasteiger charge is -2.35. The van der Waals surface area contributed by atoms with E-state index in [1.807, 2.05) is 11.9 Å². The molecule has 0 aromatic carbocycles. The third-order valence-electron chi connectivity index (χ3n) is 3.51. The van der Waals surface area contributed by atoms with E-state index >= 15 is 0 Å². The van der Waals surface area contributed by atoms with Crippen LogP contribution in [0.25, 0.3) is 0 Å². The van der Waals surface area contributed by atoms with Crippen molar-refractivity contribution >= 4 is 5.91 Å². The lowest BCUT2D eigenvalue weighted by atomic mass is 10.0. The molecule has 2 aliphatic rings. The third kappa shape index (κ3) is 2.08. The van der Waals surface area contributed by atoms with Gasteiger partial charge in [0.25, 0.3) is 0 Å². The van der Waals surface area contributed by atoms with Gasteiger partial charge in [0.1, 0.15) is 0 Å². The van der Waals surface area contributed by atoms with Crippen molar-refractivity contribution in [2.45, 2.75) is 31.7 Å². The standard InChI is InChI=1S/C11H20N2O/c1-12-7-5-10(6-8-12)13(2)11(14)9-3-4-9/h9-10H,3-8H2,1-2H3. The van der Waals surface area contributed by atoms with Crippen LogP contribution in [-0.2, 0) is 4.79 Å². The first-order valence-electron chi connectivity index (χ1n) is 5.63. The first-order valence-corrected chi connectivity index (χ1v) is 5.63. The van der Waals surface area contributed by atoms with E-state index in [4.69, 9.17) is 0 Å². The highest BCUT2D eigenvalue weighted by Gasteiger charge is 2.35. The molecule has 1 aliphatic heterocycles. The summed E-state index contributed by atoms with van der Waals surface area (Å²) in [5.74, 6) is 0.763. The van der Waals surface area contributed by atoms with Crippen molar-refractivity contribution in [2.24, 2.45) is 5.92 Å². The summed E-state index contributed by atoms with van der Waals surface area (Å²) >= 11 is 0. The van der Waals surface area contributed by atoms with Crippen LogP contribution in [0, 0.1) is 5.92 Å². The molecule has 2 fully saturated rings. The molecule has 0 bridgehead atoms. The Morgan fingerprint density at radius 1 is 1.21 bits per heavy atom. The second-order valence-electron chi connectivity index (χ2n) is 4.76. The first kappa shape index (κ1) is 9.97. The van der Waals surface area contributed by atoms with Crippen molar-refractivity contribution in [3.63, 3.8) is 0 Å². The summed E-state index contributed by atoms with van der Waals surface area (Å²) in [6, 6.07) is 0.499. The van der Waals surface area contributed by atoms with Crippen LogP contribution in [0.5, 0.6) is 0 Å². The predicted molar refractivity (Wildman–Crippen MR) is 56.0 cm³/mol. The van der Waals surface area contributed by atoms with Crippen LogP contribution in [0.4, 0.5) is 0 Å². The van der Waals surface area contributed by atoms with Gasteiger partial charge in [-0.2, -0.15) is 0 Å². The van der Waals surface area contributed by atoms with E-state index in [1.165, 1.54) is 0 Å². The molecule has 0 atom stereocenters. The number of likely N-dealkylation sites (tertiary alicyclic amines) is 1. The van der Waals surface area contributed by atoms with Gasteiger partial charge in [0.15, 0.2) is 0 Å². The van der Waals surface area contributed by atoms with E-state index in [9.17, 15) is 4.79 Å². The summed E-state index contributed by atoms with van der Waals surface area (Å²) in [5.41, 5.74) is 0. The summed E-state index contributed by atoms with van der Waals surface area (Å²) in [4.78, 5) is 16.1. The molecule has 1 saturated carbocycles. The zero-order valence-electron chi connectivity index (χ0n) is 9.20. The van der Waals surface area contributed by atoms with E-state index in [0.717, 1.165) is 38.8 Å². The minimum Gasteiger partial charge on any atom is -0.342 e. The molecule has 2 rings (SSSR count). The summed E-state index contributed by atoms with van der Waals surface area (Å²) < 4.78 is 0. The second-order valence-corrected chi connectivity index (χ2v) is 4.76. The van der Waals surface area contributed by atoms with Crippen LogP contribution < -0.4 is 0 Å². The zero-order chi connectivity index (χ0) is 10.1. The molecule has 80 valence electrons. The molecule has 1 saturated heterocycles. The molecule has 0 aromatic rings. The molecule has 3 nitrogen and oxygen atoms in total. The maximum atomic E-state index is 11.8. The molecule has 0 radical (unpaired) electrons. The van der Waals surface area contributed by atoms with Crippen LogP contribution in [0.15, 0.2) is 0 Å². The predicted octanol–water partition coefficient (Wildman–Crippen LogP) is 0.949. The Kier molecular flexibility index (Phi) is 2.77.